The van der Waals surface area contributed by atoms with Gasteiger partial charge in [0.05, 0.1) is 20.3 Å². The van der Waals surface area contributed by atoms with Gasteiger partial charge in [-0.25, -0.2) is 0 Å². The Bertz CT molecular complexity index is 1070. The van der Waals surface area contributed by atoms with Crippen LogP contribution in [-0.2, 0) is 11.2 Å². The molecule has 3 rings (SSSR count). The number of H-pyrrole nitrogens is 1. The first-order valence-corrected chi connectivity index (χ1v) is 9.54. The van der Waals surface area contributed by atoms with Crippen molar-refractivity contribution < 1.29 is 14.3 Å². The van der Waals surface area contributed by atoms with Gasteiger partial charge in [-0.2, -0.15) is 0 Å². The fourth-order valence-corrected chi connectivity index (χ4v) is 3.01. The van der Waals surface area contributed by atoms with E-state index in [1.165, 1.54) is 7.11 Å². The molecule has 0 saturated heterocycles. The van der Waals surface area contributed by atoms with Crippen molar-refractivity contribution in [3.8, 4) is 22.9 Å². The maximum Gasteiger partial charge on any atom is 0.273 e. The minimum Gasteiger partial charge on any atom is -0.493 e. The minimum absolute atomic E-state index is 0.115. The summed E-state index contributed by atoms with van der Waals surface area (Å²) < 4.78 is 10.5. The Morgan fingerprint density at radius 1 is 1.07 bits per heavy atom. The largest absolute Gasteiger partial charge is 0.493 e. The van der Waals surface area contributed by atoms with E-state index in [0.29, 0.717) is 22.9 Å². The van der Waals surface area contributed by atoms with Crippen molar-refractivity contribution >= 4 is 5.91 Å². The summed E-state index contributed by atoms with van der Waals surface area (Å²) in [6.07, 6.45) is 0.340. The molecule has 2 N–H and O–H groups in total. The molecule has 1 heterocycles. The van der Waals surface area contributed by atoms with Gasteiger partial charge in [0.1, 0.15) is 5.69 Å². The minimum atomic E-state index is -0.376. The highest BCUT2D eigenvalue weighted by Gasteiger charge is 2.13. The maximum absolute atomic E-state index is 12.4. The lowest BCUT2D eigenvalue weighted by Gasteiger charge is -2.14. The van der Waals surface area contributed by atoms with Crippen molar-refractivity contribution in [2.24, 2.45) is 0 Å². The van der Waals surface area contributed by atoms with Crippen LogP contribution in [0.3, 0.4) is 0 Å². The van der Waals surface area contributed by atoms with Crippen LogP contribution in [-0.4, -0.2) is 35.3 Å². The van der Waals surface area contributed by atoms with Crippen LogP contribution in [0.2, 0.25) is 0 Å². The molecule has 0 aliphatic rings. The zero-order chi connectivity index (χ0) is 21.5. The molecule has 0 aliphatic heterocycles. The van der Waals surface area contributed by atoms with Crippen molar-refractivity contribution in [3.05, 3.63) is 70.1 Å². The van der Waals surface area contributed by atoms with Crippen LogP contribution in [0.5, 0.6) is 11.5 Å². The van der Waals surface area contributed by atoms with Gasteiger partial charge in [0.2, 0.25) is 5.91 Å². The lowest BCUT2D eigenvalue weighted by atomic mass is 10.1. The molecule has 1 amide bonds. The average molecular weight is 408 g/mol. The van der Waals surface area contributed by atoms with Crippen LogP contribution < -0.4 is 20.3 Å². The lowest BCUT2D eigenvalue weighted by molar-refractivity contribution is -0.121. The summed E-state index contributed by atoms with van der Waals surface area (Å²) in [5.74, 6) is 1.25. The van der Waals surface area contributed by atoms with E-state index in [2.05, 4.69) is 20.5 Å². The third kappa shape index (κ3) is 5.02. The van der Waals surface area contributed by atoms with E-state index < -0.39 is 0 Å². The van der Waals surface area contributed by atoms with E-state index in [9.17, 15) is 9.59 Å². The van der Waals surface area contributed by atoms with Crippen molar-refractivity contribution in [1.82, 2.24) is 20.5 Å². The number of benzene rings is 2. The summed E-state index contributed by atoms with van der Waals surface area (Å²) in [7, 11) is 3.08. The number of hydrogen-bond acceptors (Lipinski definition) is 6. The Balaban J connectivity index is 1.64. The van der Waals surface area contributed by atoms with Crippen molar-refractivity contribution in [1.29, 1.82) is 0 Å². The van der Waals surface area contributed by atoms with Gasteiger partial charge in [-0.3, -0.25) is 9.59 Å². The summed E-state index contributed by atoms with van der Waals surface area (Å²) in [6.45, 7) is 1.91. The van der Waals surface area contributed by atoms with Gasteiger partial charge in [-0.15, -0.1) is 10.2 Å². The van der Waals surface area contributed by atoms with Crippen LogP contribution >= 0.6 is 0 Å². The molecule has 1 aromatic heterocycles. The summed E-state index contributed by atoms with van der Waals surface area (Å²) >= 11 is 0. The number of carbonyl (C=O) groups excluding carboxylic acids is 1. The molecule has 30 heavy (non-hydrogen) atoms. The van der Waals surface area contributed by atoms with Crippen LogP contribution in [0.1, 0.15) is 30.6 Å². The number of nitrogens with one attached hydrogen (secondary N) is 2. The number of aromatic nitrogens is 3. The predicted octanol–water partition coefficient (Wildman–Crippen LogP) is 2.66. The van der Waals surface area contributed by atoms with E-state index in [1.54, 1.807) is 25.3 Å². The molecule has 0 fully saturated rings. The number of aryl methyl sites for hydroxylation is 1. The smallest absolute Gasteiger partial charge is 0.273 e. The van der Waals surface area contributed by atoms with Crippen LogP contribution in [0.15, 0.2) is 53.3 Å². The predicted molar refractivity (Wildman–Crippen MR) is 113 cm³/mol. The van der Waals surface area contributed by atoms with E-state index in [4.69, 9.17) is 9.47 Å². The summed E-state index contributed by atoms with van der Waals surface area (Å²) in [4.78, 5) is 27.3. The van der Waals surface area contributed by atoms with Crippen molar-refractivity contribution in [2.45, 2.75) is 25.8 Å². The maximum atomic E-state index is 12.4. The Kier molecular flexibility index (Phi) is 6.79. The quantitative estimate of drug-likeness (QED) is 0.594. The number of methoxy groups -OCH3 is 2. The molecule has 0 radical (unpaired) electrons. The van der Waals surface area contributed by atoms with Gasteiger partial charge in [0, 0.05) is 18.4 Å². The zero-order valence-electron chi connectivity index (χ0n) is 17.1. The Morgan fingerprint density at radius 2 is 1.80 bits per heavy atom. The molecule has 156 valence electrons. The number of aromatic amines is 1. The topological polar surface area (TPSA) is 106 Å². The second-order valence-electron chi connectivity index (χ2n) is 6.72. The fourth-order valence-electron chi connectivity index (χ4n) is 3.01. The lowest BCUT2D eigenvalue weighted by Crippen LogP contribution is -2.28. The average Bonchev–Trinajstić information content (AvgIpc) is 2.78. The van der Waals surface area contributed by atoms with Gasteiger partial charge in [-0.05, 0) is 30.7 Å². The molecular formula is C22H24N4O4. The number of ether oxygens (including phenoxy) is 2. The molecule has 1 atom stereocenters. The summed E-state index contributed by atoms with van der Waals surface area (Å²) in [6, 6.07) is 14.7. The van der Waals surface area contributed by atoms with Gasteiger partial charge in [-0.1, -0.05) is 30.3 Å². The number of amides is 1. The first-order chi connectivity index (χ1) is 14.5. The standard InChI is InChI=1S/C22H24N4O4/c1-14(15-7-5-4-6-8-15)23-20(27)12-10-17-22(28)24-21(26-25-17)16-9-11-18(29-2)19(13-16)30-3/h4-9,11,13-14H,10,12H2,1-3H3,(H,23,27)(H,24,26,28). The monoisotopic (exact) mass is 408 g/mol. The van der Waals surface area contributed by atoms with Crippen LogP contribution in [0.4, 0.5) is 0 Å². The van der Waals surface area contributed by atoms with E-state index in [1.807, 2.05) is 37.3 Å². The van der Waals surface area contributed by atoms with Gasteiger partial charge in [0.15, 0.2) is 17.3 Å². The number of nitrogens with zero attached hydrogens (tertiary/aromatic N) is 2. The van der Waals surface area contributed by atoms with Crippen LogP contribution in [0, 0.1) is 0 Å². The number of carbonyl (C=O) groups is 1. The number of rotatable bonds is 8. The second kappa shape index (κ2) is 9.69. The van der Waals surface area contributed by atoms with Crippen molar-refractivity contribution in [2.75, 3.05) is 14.2 Å². The normalized spacial score (nSPS) is 11.6. The van der Waals surface area contributed by atoms with Gasteiger partial charge in [0.25, 0.3) is 5.56 Å². The van der Waals surface area contributed by atoms with Crippen LogP contribution in [0.25, 0.3) is 11.4 Å². The second-order valence-corrected chi connectivity index (χ2v) is 6.72. The van der Waals surface area contributed by atoms with Crippen molar-refractivity contribution in [3.63, 3.8) is 0 Å². The molecule has 0 spiro atoms. The van der Waals surface area contributed by atoms with E-state index >= 15 is 0 Å². The van der Waals surface area contributed by atoms with Gasteiger partial charge < -0.3 is 19.8 Å². The SMILES string of the molecule is COc1ccc(-c2nnc(CCC(=O)NC(C)c3ccccc3)c(=O)[nH]2)cc1OC. The third-order valence-electron chi connectivity index (χ3n) is 4.69. The summed E-state index contributed by atoms with van der Waals surface area (Å²) in [5.41, 5.74) is 1.49. The number of hydrogen-bond donors (Lipinski definition) is 2. The molecule has 8 nitrogen and oxygen atoms in total. The summed E-state index contributed by atoms with van der Waals surface area (Å²) in [5, 5.41) is 11.0. The zero-order valence-corrected chi connectivity index (χ0v) is 17.1. The molecule has 1 unspecified atom stereocenters. The molecule has 0 bridgehead atoms. The van der Waals surface area contributed by atoms with Gasteiger partial charge >= 0.3 is 0 Å². The molecule has 2 aromatic carbocycles. The fraction of sp³-hybridized carbons (Fsp3) is 0.273. The van der Waals surface area contributed by atoms with E-state index in [-0.39, 0.29) is 36.0 Å². The Labute approximate surface area is 174 Å². The highest BCUT2D eigenvalue weighted by Crippen LogP contribution is 2.30. The Hall–Kier alpha value is -3.68. The molecule has 3 aromatic rings. The molecule has 0 aliphatic carbocycles. The molecule has 0 saturated carbocycles. The third-order valence-corrected chi connectivity index (χ3v) is 4.69. The highest BCUT2D eigenvalue weighted by atomic mass is 16.5. The first-order valence-electron chi connectivity index (χ1n) is 9.54. The highest BCUT2D eigenvalue weighted by molar-refractivity contribution is 5.76. The van der Waals surface area contributed by atoms with E-state index in [0.717, 1.165) is 5.56 Å². The molecule has 8 heteroatoms. The molecular weight excluding hydrogens is 384 g/mol. The Morgan fingerprint density at radius 3 is 2.47 bits per heavy atom. The first kappa shape index (κ1) is 21.0.